The molecule has 0 spiro atoms. The summed E-state index contributed by atoms with van der Waals surface area (Å²) < 4.78 is 21.5. The van der Waals surface area contributed by atoms with Crippen LogP contribution in [0.1, 0.15) is 48.7 Å². The summed E-state index contributed by atoms with van der Waals surface area (Å²) in [7, 11) is 0. The van der Waals surface area contributed by atoms with Crippen LogP contribution in [-0.4, -0.2) is 37.1 Å². The summed E-state index contributed by atoms with van der Waals surface area (Å²) in [6.45, 7) is 4.31. The molecule has 0 aromatic rings. The lowest BCUT2D eigenvalue weighted by atomic mass is 10.1. The van der Waals surface area contributed by atoms with Crippen LogP contribution < -0.4 is 0 Å². The van der Waals surface area contributed by atoms with E-state index in [9.17, 15) is 4.79 Å². The van der Waals surface area contributed by atoms with Gasteiger partial charge in [0.05, 0.1) is 12.0 Å². The monoisotopic (exact) mass is 241 g/mol. The van der Waals surface area contributed by atoms with Crippen LogP contribution in [0.15, 0.2) is 0 Å². The lowest BCUT2D eigenvalue weighted by Gasteiger charge is -2.19. The summed E-state index contributed by atoms with van der Waals surface area (Å²) in [4.78, 5) is 13.9. The van der Waals surface area contributed by atoms with Gasteiger partial charge in [0.25, 0.3) is 0 Å². The molecule has 1 aliphatic carbocycles. The van der Waals surface area contributed by atoms with Crippen molar-refractivity contribution in [2.24, 2.45) is 11.3 Å². The second kappa shape index (κ2) is 5.38. The minimum absolute atomic E-state index is 0.162. The Bertz CT molecular complexity index is 348. The normalized spacial score (nSPS) is 36.0. The maximum Gasteiger partial charge on any atom is 0.313 e. The van der Waals surface area contributed by atoms with Gasteiger partial charge < -0.3 is 9.64 Å². The first-order chi connectivity index (χ1) is 8.99. The molecule has 1 saturated heterocycles. The number of unbranched alkanes of at least 4 members (excludes halogenated alkanes) is 3. The van der Waals surface area contributed by atoms with Gasteiger partial charge in [0.2, 0.25) is 0 Å². The van der Waals surface area contributed by atoms with E-state index < -0.39 is 11.9 Å². The molecule has 2 unspecified atom stereocenters. The van der Waals surface area contributed by atoms with Crippen LogP contribution in [0.4, 0.5) is 0 Å². The quantitative estimate of drug-likeness (QED) is 0.506. The lowest BCUT2D eigenvalue weighted by Crippen LogP contribution is -2.30. The van der Waals surface area contributed by atoms with Gasteiger partial charge in [-0.2, -0.15) is 0 Å². The molecule has 1 heterocycles. The van der Waals surface area contributed by atoms with Crippen molar-refractivity contribution in [1.82, 2.24) is 4.90 Å². The first-order valence-corrected chi connectivity index (χ1v) is 6.91. The van der Waals surface area contributed by atoms with Crippen molar-refractivity contribution in [2.45, 2.75) is 46.0 Å². The SMILES string of the molecule is [2H]C1([2H])C2CC2(C(=O)OCC)CN1CCCCCC. The highest BCUT2D eigenvalue weighted by atomic mass is 16.5. The second-order valence-electron chi connectivity index (χ2n) is 5.24. The first-order valence-electron chi connectivity index (χ1n) is 7.91. The molecular weight excluding hydrogens is 214 g/mol. The van der Waals surface area contributed by atoms with Crippen LogP contribution in [0.3, 0.4) is 0 Å². The van der Waals surface area contributed by atoms with E-state index in [-0.39, 0.29) is 11.9 Å². The molecular formula is C14H25NO2. The topological polar surface area (TPSA) is 29.5 Å². The van der Waals surface area contributed by atoms with Gasteiger partial charge in [-0.3, -0.25) is 4.79 Å². The molecule has 0 aromatic heterocycles. The van der Waals surface area contributed by atoms with Gasteiger partial charge in [0.1, 0.15) is 0 Å². The van der Waals surface area contributed by atoms with Crippen molar-refractivity contribution >= 4 is 5.97 Å². The number of piperidine rings is 1. The van der Waals surface area contributed by atoms with E-state index in [0.29, 0.717) is 19.6 Å². The molecule has 3 nitrogen and oxygen atoms in total. The molecule has 1 aliphatic heterocycles. The molecule has 2 rings (SSSR count). The minimum Gasteiger partial charge on any atom is -0.466 e. The molecule has 17 heavy (non-hydrogen) atoms. The molecule has 0 aromatic carbocycles. The maximum atomic E-state index is 12.0. The maximum absolute atomic E-state index is 12.0. The van der Waals surface area contributed by atoms with Crippen molar-refractivity contribution in [1.29, 1.82) is 0 Å². The van der Waals surface area contributed by atoms with E-state index in [0.717, 1.165) is 19.4 Å². The van der Waals surface area contributed by atoms with E-state index >= 15 is 0 Å². The van der Waals surface area contributed by atoms with Crippen LogP contribution >= 0.6 is 0 Å². The molecule has 0 amide bonds. The number of hydrogen-bond donors (Lipinski definition) is 0. The Morgan fingerprint density at radius 3 is 3.00 bits per heavy atom. The summed E-state index contributed by atoms with van der Waals surface area (Å²) in [5.41, 5.74) is -0.537. The minimum atomic E-state index is -1.33. The standard InChI is InChI=1S/C14H25NO2/c1-3-5-6-7-8-15-10-12-9-14(12,11-15)13(16)17-4-2/h12H,3-11H2,1-2H3/i10D2. The fraction of sp³-hybridized carbons (Fsp3) is 0.929. The number of rotatable bonds is 7. The van der Waals surface area contributed by atoms with Gasteiger partial charge in [0.15, 0.2) is 0 Å². The molecule has 1 saturated carbocycles. The number of hydrogen-bond acceptors (Lipinski definition) is 3. The predicted molar refractivity (Wildman–Crippen MR) is 67.8 cm³/mol. The van der Waals surface area contributed by atoms with Crippen LogP contribution in [0, 0.1) is 11.3 Å². The van der Waals surface area contributed by atoms with Gasteiger partial charge in [-0.25, -0.2) is 0 Å². The highest BCUT2D eigenvalue weighted by Crippen LogP contribution is 2.58. The predicted octanol–water partition coefficient (Wildman–Crippen LogP) is 2.45. The number of carbonyl (C=O) groups is 1. The average molecular weight is 241 g/mol. The molecule has 0 N–H and O–H groups in total. The third-order valence-corrected chi connectivity index (χ3v) is 3.85. The number of carbonyl (C=O) groups excluding carboxylic acids is 1. The smallest absolute Gasteiger partial charge is 0.313 e. The van der Waals surface area contributed by atoms with Gasteiger partial charge in [-0.1, -0.05) is 26.2 Å². The molecule has 98 valence electrons. The fourth-order valence-electron chi connectivity index (χ4n) is 2.69. The second-order valence-corrected chi connectivity index (χ2v) is 5.24. The number of fused-ring (bicyclic) bond motifs is 1. The number of likely N-dealkylation sites (tertiary alicyclic amines) is 1. The zero-order valence-electron chi connectivity index (χ0n) is 13.0. The molecule has 0 radical (unpaired) electrons. The Morgan fingerprint density at radius 2 is 2.29 bits per heavy atom. The van der Waals surface area contributed by atoms with E-state index in [1.807, 2.05) is 4.90 Å². The molecule has 2 fully saturated rings. The highest BCUT2D eigenvalue weighted by molar-refractivity contribution is 5.81. The zero-order chi connectivity index (χ0) is 14.1. The van der Waals surface area contributed by atoms with Crippen molar-refractivity contribution in [3.63, 3.8) is 0 Å². The fourth-order valence-corrected chi connectivity index (χ4v) is 2.69. The van der Waals surface area contributed by atoms with E-state index in [2.05, 4.69) is 6.92 Å². The Labute approximate surface area is 107 Å². The van der Waals surface area contributed by atoms with Gasteiger partial charge in [-0.15, -0.1) is 0 Å². The summed E-state index contributed by atoms with van der Waals surface area (Å²) >= 11 is 0. The summed E-state index contributed by atoms with van der Waals surface area (Å²) in [5.74, 6) is -0.356. The van der Waals surface area contributed by atoms with Gasteiger partial charge in [-0.05, 0) is 32.2 Å². The molecule has 3 heteroatoms. The number of esters is 1. The Hall–Kier alpha value is -0.570. The Morgan fingerprint density at radius 1 is 1.47 bits per heavy atom. The molecule has 2 aliphatic rings. The van der Waals surface area contributed by atoms with Crippen LogP contribution in [0.25, 0.3) is 0 Å². The lowest BCUT2D eigenvalue weighted by molar-refractivity contribution is -0.149. The Kier molecular flexibility index (Phi) is 3.28. The van der Waals surface area contributed by atoms with Gasteiger partial charge >= 0.3 is 5.97 Å². The van der Waals surface area contributed by atoms with Crippen LogP contribution in [-0.2, 0) is 9.53 Å². The van der Waals surface area contributed by atoms with Gasteiger partial charge in [0, 0.05) is 15.8 Å². The summed E-state index contributed by atoms with van der Waals surface area (Å²) in [5, 5.41) is 0. The number of ether oxygens (including phenoxy) is 1. The number of nitrogens with zero attached hydrogens (tertiary/aromatic N) is 1. The highest BCUT2D eigenvalue weighted by Gasteiger charge is 2.65. The van der Waals surface area contributed by atoms with E-state index in [1.54, 1.807) is 6.92 Å². The summed E-state index contributed by atoms with van der Waals surface area (Å²) in [6, 6.07) is 0. The van der Waals surface area contributed by atoms with Crippen molar-refractivity contribution in [2.75, 3.05) is 26.2 Å². The Balaban J connectivity index is 1.92. The van der Waals surface area contributed by atoms with Crippen molar-refractivity contribution in [3.8, 4) is 0 Å². The van der Waals surface area contributed by atoms with Crippen molar-refractivity contribution < 1.29 is 12.3 Å². The molecule has 0 bridgehead atoms. The third-order valence-electron chi connectivity index (χ3n) is 3.85. The van der Waals surface area contributed by atoms with Crippen molar-refractivity contribution in [3.05, 3.63) is 0 Å². The van der Waals surface area contributed by atoms with Crippen LogP contribution in [0.5, 0.6) is 0 Å². The third kappa shape index (κ3) is 2.65. The average Bonchev–Trinajstić information content (AvgIpc) is 3.05. The summed E-state index contributed by atoms with van der Waals surface area (Å²) in [6.07, 6.45) is 5.19. The van der Waals surface area contributed by atoms with E-state index in [1.165, 1.54) is 12.8 Å². The van der Waals surface area contributed by atoms with Crippen LogP contribution in [0.2, 0.25) is 0 Å². The molecule has 2 atom stereocenters. The van der Waals surface area contributed by atoms with E-state index in [4.69, 9.17) is 7.48 Å². The first kappa shape index (κ1) is 10.4. The largest absolute Gasteiger partial charge is 0.466 e. The zero-order valence-corrected chi connectivity index (χ0v) is 11.0.